The summed E-state index contributed by atoms with van der Waals surface area (Å²) in [6.07, 6.45) is 12.1. The van der Waals surface area contributed by atoms with Gasteiger partial charge in [-0.05, 0) is 110 Å². The fourth-order valence-electron chi connectivity index (χ4n) is 8.59. The van der Waals surface area contributed by atoms with E-state index in [0.717, 1.165) is 49.7 Å². The van der Waals surface area contributed by atoms with E-state index in [2.05, 4.69) is 74.2 Å². The van der Waals surface area contributed by atoms with Crippen molar-refractivity contribution in [2.75, 3.05) is 28.2 Å². The number of anilines is 3. The maximum absolute atomic E-state index is 12.6. The van der Waals surface area contributed by atoms with E-state index in [4.69, 9.17) is 40.5 Å². The predicted molar refractivity (Wildman–Crippen MR) is 278 cm³/mol. The topological polar surface area (TPSA) is 212 Å². The third kappa shape index (κ3) is 14.9. The van der Waals surface area contributed by atoms with Gasteiger partial charge in [-0.15, -0.1) is 0 Å². The number of carbonyl (C=O) groups excluding carboxylic acids is 4. The van der Waals surface area contributed by atoms with E-state index in [1.165, 1.54) is 12.8 Å². The smallest absolute Gasteiger partial charge is 0.323 e. The van der Waals surface area contributed by atoms with E-state index in [-0.39, 0.29) is 75.2 Å². The number of halogens is 3. The number of rotatable bonds is 12. The minimum Gasteiger partial charge on any atom is -0.349 e. The molecule has 2 saturated heterocycles. The lowest BCUT2D eigenvalue weighted by molar-refractivity contribution is 0.0929. The summed E-state index contributed by atoms with van der Waals surface area (Å²) >= 11 is 18.3. The van der Waals surface area contributed by atoms with Gasteiger partial charge in [-0.2, -0.15) is 4.98 Å². The average molecular weight is 1010 g/mol. The van der Waals surface area contributed by atoms with Gasteiger partial charge in [-0.3, -0.25) is 19.4 Å². The zero-order valence-electron chi connectivity index (χ0n) is 39.6. The number of hydrogen-bond acceptors (Lipinski definition) is 10. The second-order valence-corrected chi connectivity index (χ2v) is 19.4. The highest BCUT2D eigenvalue weighted by Crippen LogP contribution is 2.29. The molecule has 2 aliphatic carbocycles. The lowest BCUT2D eigenvalue weighted by Crippen LogP contribution is -2.38. The number of benzene rings is 2. The van der Waals surface area contributed by atoms with E-state index in [1.807, 2.05) is 26.0 Å². The summed E-state index contributed by atoms with van der Waals surface area (Å²) in [7, 11) is 0. The Morgan fingerprint density at radius 1 is 0.667 bits per heavy atom. The van der Waals surface area contributed by atoms with Crippen LogP contribution in [0, 0.1) is 11.8 Å². The maximum Gasteiger partial charge on any atom is 0.323 e. The van der Waals surface area contributed by atoms with Crippen LogP contribution in [0.2, 0.25) is 15.3 Å². The van der Waals surface area contributed by atoms with Crippen molar-refractivity contribution in [3.05, 3.63) is 98.5 Å². The fraction of sp³-hybridized carbons (Fsp3) is 0.510. The number of nitrogens with zero attached hydrogens (tertiary/aromatic N) is 6. The third-order valence-electron chi connectivity index (χ3n) is 12.5. The van der Waals surface area contributed by atoms with Crippen LogP contribution in [-0.4, -0.2) is 89.5 Å². The molecule has 3 radical (unpaired) electrons. The van der Waals surface area contributed by atoms with Crippen LogP contribution in [0.3, 0.4) is 0 Å². The van der Waals surface area contributed by atoms with Gasteiger partial charge in [-0.1, -0.05) is 96.1 Å². The molecule has 0 spiro atoms. The Labute approximate surface area is 424 Å². The largest absolute Gasteiger partial charge is 0.349 e. The highest BCUT2D eigenvalue weighted by Gasteiger charge is 2.36. The summed E-state index contributed by atoms with van der Waals surface area (Å²) < 4.78 is 0. The lowest BCUT2D eigenvalue weighted by atomic mass is 10.0. The highest BCUT2D eigenvalue weighted by atomic mass is 35.5. The zero-order valence-corrected chi connectivity index (χ0v) is 41.8. The first-order chi connectivity index (χ1) is 32.0. The molecule has 4 aromatic rings. The van der Waals surface area contributed by atoms with Gasteiger partial charge < -0.3 is 32.3 Å². The van der Waals surface area contributed by atoms with Gasteiger partial charge >= 0.3 is 12.1 Å². The van der Waals surface area contributed by atoms with Crippen LogP contribution in [0.15, 0.2) is 60.9 Å². The number of urea groups is 2. The van der Waals surface area contributed by atoms with Gasteiger partial charge in [0.05, 0.1) is 39.3 Å². The Kier molecular flexibility index (Phi) is 21.3. The molecule has 7 N–H and O–H groups in total. The summed E-state index contributed by atoms with van der Waals surface area (Å²) in [6, 6.07) is 14.5. The maximum atomic E-state index is 12.6. The van der Waals surface area contributed by atoms with E-state index >= 15 is 0 Å². The Hall–Kier alpha value is -5.23. The second kappa shape index (κ2) is 26.1. The third-order valence-corrected chi connectivity index (χ3v) is 13.3. The van der Waals surface area contributed by atoms with E-state index in [1.54, 1.807) is 58.6 Å². The van der Waals surface area contributed by atoms with Crippen LogP contribution < -0.4 is 42.1 Å². The molecule has 4 aliphatic rings. The Morgan fingerprint density at radius 3 is 1.54 bits per heavy atom. The van der Waals surface area contributed by atoms with Gasteiger partial charge in [0.15, 0.2) is 0 Å². The standard InChI is InChI=1S/C24H31ClN6O2.C14H19ClN2O.C10H13ClN4O.CH4.B/c1-14(2)20-13-27-24(33)31(20)21-10-11-26-23(30-21)28-15(3)16-8-9-18(19(25)12-16)22(32)29-17-6-4-5-7-17;1-9(16)10-6-7-12(13(15)8-10)14(18)17-11-4-2-3-5-11;1-6(2)7-5-13-10(16)15(7)8-3-4-12-9(11)14-8;;/h8-12,14-15,17,20H,4-7,13H2,1-3H3,(H,27,33)(H,29,32)(H,26,28,30);6-9,11H,2-5,16H2,1H3,(H,17,18);3-4,6-7H,5H2,1-2H3,(H,13,16);1H4;/t15?,20-;;7-;;/m1.1../s1. The van der Waals surface area contributed by atoms with Crippen molar-refractivity contribution >= 4 is 84.7 Å². The van der Waals surface area contributed by atoms with E-state index < -0.39 is 0 Å². The van der Waals surface area contributed by atoms with Gasteiger partial charge in [0.25, 0.3) is 11.8 Å². The summed E-state index contributed by atoms with van der Waals surface area (Å²) in [5.41, 5.74) is 8.65. The summed E-state index contributed by atoms with van der Waals surface area (Å²) in [4.78, 5) is 68.8. The SMILES string of the molecule is C.CC(C)[C@H]1CNC(=O)N1c1ccnc(Cl)n1.CC(N)c1ccc(C(=O)NC2CCCC2)c(Cl)c1.CC(Nc1nccc(N2C(=O)NC[C@@H]2C(C)C)n1)c1ccc(C(=O)NC2CCCC2)c(Cl)c1.[B]. The number of amides is 6. The van der Waals surface area contributed by atoms with Gasteiger partial charge in [0, 0.05) is 52.0 Å². The molecule has 2 aromatic carbocycles. The fourth-order valence-corrected chi connectivity index (χ4v) is 9.29. The average Bonchev–Trinajstić information content (AvgIpc) is 4.13. The zero-order chi connectivity index (χ0) is 48.4. The molecule has 2 saturated carbocycles. The first-order valence-corrected chi connectivity index (χ1v) is 24.3. The van der Waals surface area contributed by atoms with Crippen molar-refractivity contribution < 1.29 is 19.2 Å². The molecule has 16 nitrogen and oxygen atoms in total. The molecule has 2 aromatic heterocycles. The molecule has 2 aliphatic heterocycles. The highest BCUT2D eigenvalue weighted by molar-refractivity contribution is 6.34. The number of aromatic nitrogens is 4. The number of nitrogens with two attached hydrogens (primary N) is 1. The quantitative estimate of drug-likeness (QED) is 0.0584. The number of nitrogens with one attached hydrogen (secondary N) is 5. The van der Waals surface area contributed by atoms with Gasteiger partial charge in [0.2, 0.25) is 11.2 Å². The molecule has 4 fully saturated rings. The number of hydrogen-bond donors (Lipinski definition) is 6. The molecule has 69 heavy (non-hydrogen) atoms. The molecule has 0 bridgehead atoms. The molecule has 371 valence electrons. The Morgan fingerprint density at radius 2 is 1.10 bits per heavy atom. The number of carbonyl (C=O) groups is 4. The van der Waals surface area contributed by atoms with Crippen LogP contribution in [-0.2, 0) is 0 Å². The predicted octanol–water partition coefficient (Wildman–Crippen LogP) is 9.50. The first-order valence-electron chi connectivity index (χ1n) is 23.2. The van der Waals surface area contributed by atoms with Crippen LogP contribution in [0.5, 0.6) is 0 Å². The van der Waals surface area contributed by atoms with E-state index in [0.29, 0.717) is 69.7 Å². The monoisotopic (exact) mass is 1000 g/mol. The van der Waals surface area contributed by atoms with Crippen LogP contribution in [0.25, 0.3) is 0 Å². The lowest BCUT2D eigenvalue weighted by Gasteiger charge is -2.25. The first kappa shape index (κ1) is 56.4. The van der Waals surface area contributed by atoms with Crippen LogP contribution in [0.1, 0.15) is 144 Å². The summed E-state index contributed by atoms with van der Waals surface area (Å²) in [5.74, 6) is 1.97. The van der Waals surface area contributed by atoms with Crippen molar-refractivity contribution in [2.45, 2.75) is 137 Å². The van der Waals surface area contributed by atoms with Gasteiger partial charge in [0.1, 0.15) is 11.6 Å². The molecule has 6 amide bonds. The van der Waals surface area contributed by atoms with Crippen LogP contribution in [0.4, 0.5) is 27.2 Å². The van der Waals surface area contributed by atoms with E-state index in [9.17, 15) is 19.2 Å². The molecular weight excluding hydrogens is 938 g/mol. The Bertz CT molecular complexity index is 2370. The molecule has 20 heteroatoms. The molecule has 4 atom stereocenters. The van der Waals surface area contributed by atoms with Crippen molar-refractivity contribution in [1.29, 1.82) is 0 Å². The van der Waals surface area contributed by atoms with Crippen molar-refractivity contribution in [1.82, 2.24) is 41.2 Å². The molecule has 2 unspecified atom stereocenters. The van der Waals surface area contributed by atoms with Crippen LogP contribution >= 0.6 is 34.8 Å². The molecular formula is C49H67BCl3N12O4. The summed E-state index contributed by atoms with van der Waals surface area (Å²) in [6.45, 7) is 13.4. The molecule has 4 heterocycles. The van der Waals surface area contributed by atoms with Gasteiger partial charge in [-0.25, -0.2) is 24.5 Å². The van der Waals surface area contributed by atoms with Crippen molar-refractivity contribution in [3.63, 3.8) is 0 Å². The molecule has 8 rings (SSSR count). The minimum atomic E-state index is -0.155. The summed E-state index contributed by atoms with van der Waals surface area (Å²) in [5, 5.41) is 16.1. The minimum absolute atomic E-state index is 0. The van der Waals surface area contributed by atoms with Crippen molar-refractivity contribution in [3.8, 4) is 0 Å². The second-order valence-electron chi connectivity index (χ2n) is 18.2. The van der Waals surface area contributed by atoms with Crippen molar-refractivity contribution in [2.24, 2.45) is 17.6 Å². The Balaban J connectivity index is 0.000000244. The normalized spacial score (nSPS) is 18.7.